The van der Waals surface area contributed by atoms with Crippen LogP contribution in [0.1, 0.15) is 106 Å². The molecular formula is C27H44O. The lowest BCUT2D eigenvalue weighted by atomic mass is 9.46. The third kappa shape index (κ3) is 2.82. The second kappa shape index (κ2) is 7.00. The summed E-state index contributed by atoms with van der Waals surface area (Å²) in [7, 11) is 0. The molecule has 0 bridgehead atoms. The van der Waals surface area contributed by atoms with Crippen LogP contribution in [-0.2, 0) is 0 Å². The van der Waals surface area contributed by atoms with Crippen LogP contribution in [0.4, 0.5) is 0 Å². The molecule has 28 heavy (non-hydrogen) atoms. The maximum Gasteiger partial charge on any atom is 0.0594 e. The predicted molar refractivity (Wildman–Crippen MR) is 119 cm³/mol. The van der Waals surface area contributed by atoms with E-state index in [9.17, 15) is 5.11 Å². The summed E-state index contributed by atoms with van der Waals surface area (Å²) in [5, 5.41) is 10.7. The molecule has 4 aliphatic carbocycles. The maximum absolute atomic E-state index is 10.7. The van der Waals surface area contributed by atoms with Crippen molar-refractivity contribution in [3.05, 3.63) is 22.8 Å². The molecule has 4 rings (SSSR count). The number of fused-ring (bicyclic) bond motifs is 4. The highest BCUT2D eigenvalue weighted by Gasteiger charge is 2.57. The van der Waals surface area contributed by atoms with Crippen molar-refractivity contribution in [1.29, 1.82) is 0 Å². The average Bonchev–Trinajstić information content (AvgIpc) is 3.00. The minimum absolute atomic E-state index is 0.0491. The van der Waals surface area contributed by atoms with Crippen molar-refractivity contribution >= 4 is 0 Å². The van der Waals surface area contributed by atoms with E-state index in [1.165, 1.54) is 57.8 Å². The molecule has 0 aromatic rings. The van der Waals surface area contributed by atoms with Crippen molar-refractivity contribution in [3.8, 4) is 0 Å². The van der Waals surface area contributed by atoms with Crippen molar-refractivity contribution in [2.75, 3.05) is 0 Å². The van der Waals surface area contributed by atoms with Gasteiger partial charge in [-0.15, -0.1) is 0 Å². The molecule has 158 valence electrons. The van der Waals surface area contributed by atoms with Gasteiger partial charge in [0.25, 0.3) is 0 Å². The van der Waals surface area contributed by atoms with Gasteiger partial charge in [0.05, 0.1) is 6.10 Å². The van der Waals surface area contributed by atoms with Crippen LogP contribution >= 0.6 is 0 Å². The highest BCUT2D eigenvalue weighted by molar-refractivity contribution is 5.49. The molecule has 1 saturated carbocycles. The Bertz CT molecular complexity index is 682. The van der Waals surface area contributed by atoms with Gasteiger partial charge in [-0.25, -0.2) is 0 Å². The SMILES string of the molecule is CCCC[C@@H](C)[C@H]1CC=C2C3=C(CC[C@@]21C)[C@@]1(C)CC[C@H](O)C(C)(C)[C@@H]1CC3. The van der Waals surface area contributed by atoms with Crippen molar-refractivity contribution in [1.82, 2.24) is 0 Å². The zero-order valence-electron chi connectivity index (χ0n) is 19.4. The average molecular weight is 385 g/mol. The third-order valence-electron chi connectivity index (χ3n) is 10.1. The molecule has 0 unspecified atom stereocenters. The first-order valence-corrected chi connectivity index (χ1v) is 12.3. The van der Waals surface area contributed by atoms with Crippen LogP contribution in [0.15, 0.2) is 22.8 Å². The van der Waals surface area contributed by atoms with Gasteiger partial charge in [0, 0.05) is 0 Å². The van der Waals surface area contributed by atoms with Crippen LogP contribution in [0, 0.1) is 34.0 Å². The van der Waals surface area contributed by atoms with Crippen molar-refractivity contribution in [2.24, 2.45) is 34.0 Å². The van der Waals surface area contributed by atoms with Gasteiger partial charge in [-0.1, -0.05) is 72.5 Å². The van der Waals surface area contributed by atoms with Crippen molar-refractivity contribution in [3.63, 3.8) is 0 Å². The highest BCUT2D eigenvalue weighted by Crippen LogP contribution is 2.66. The van der Waals surface area contributed by atoms with Gasteiger partial charge in [-0.05, 0) is 90.1 Å². The Morgan fingerprint density at radius 1 is 1.07 bits per heavy atom. The lowest BCUT2D eigenvalue weighted by Crippen LogP contribution is -2.53. The number of aliphatic hydroxyl groups is 1. The van der Waals surface area contributed by atoms with E-state index in [-0.39, 0.29) is 11.5 Å². The molecule has 4 aliphatic rings. The van der Waals surface area contributed by atoms with Gasteiger partial charge in [0.2, 0.25) is 0 Å². The molecule has 1 nitrogen and oxygen atoms in total. The molecule has 1 N–H and O–H groups in total. The molecule has 0 aromatic heterocycles. The normalized spacial score (nSPS) is 43.1. The first-order valence-electron chi connectivity index (χ1n) is 12.3. The molecule has 0 spiro atoms. The molecule has 6 atom stereocenters. The quantitative estimate of drug-likeness (QED) is 0.533. The summed E-state index contributed by atoms with van der Waals surface area (Å²) < 4.78 is 0. The fourth-order valence-corrected chi connectivity index (χ4v) is 8.30. The van der Waals surface area contributed by atoms with Gasteiger partial charge in [-0.3, -0.25) is 0 Å². The van der Waals surface area contributed by atoms with E-state index < -0.39 is 0 Å². The molecule has 1 heteroatoms. The van der Waals surface area contributed by atoms with E-state index in [4.69, 9.17) is 0 Å². The fourth-order valence-electron chi connectivity index (χ4n) is 8.30. The zero-order valence-corrected chi connectivity index (χ0v) is 19.4. The van der Waals surface area contributed by atoms with Crippen LogP contribution < -0.4 is 0 Å². The Morgan fingerprint density at radius 2 is 1.82 bits per heavy atom. The Labute approximate surface area is 174 Å². The summed E-state index contributed by atoms with van der Waals surface area (Å²) in [5.41, 5.74) is 6.10. The van der Waals surface area contributed by atoms with Crippen molar-refractivity contribution < 1.29 is 5.11 Å². The van der Waals surface area contributed by atoms with E-state index in [0.717, 1.165) is 18.3 Å². The monoisotopic (exact) mass is 384 g/mol. The minimum atomic E-state index is -0.129. The summed E-state index contributed by atoms with van der Waals surface area (Å²) >= 11 is 0. The molecule has 1 fully saturated rings. The van der Waals surface area contributed by atoms with Gasteiger partial charge < -0.3 is 5.11 Å². The van der Waals surface area contributed by atoms with Crippen molar-refractivity contribution in [2.45, 2.75) is 112 Å². The first kappa shape index (κ1) is 20.7. The Hall–Kier alpha value is -0.560. The molecule has 0 heterocycles. The summed E-state index contributed by atoms with van der Waals surface area (Å²) in [6.45, 7) is 14.7. The molecule has 0 aliphatic heterocycles. The van der Waals surface area contributed by atoms with E-state index >= 15 is 0 Å². The minimum Gasteiger partial charge on any atom is -0.393 e. The van der Waals surface area contributed by atoms with E-state index in [1.54, 1.807) is 16.7 Å². The Balaban J connectivity index is 1.66. The molecule has 0 amide bonds. The number of hydrogen-bond acceptors (Lipinski definition) is 1. The summed E-state index contributed by atoms with van der Waals surface area (Å²) in [6, 6.07) is 0. The second-order valence-corrected chi connectivity index (χ2v) is 11.8. The van der Waals surface area contributed by atoms with Crippen LogP contribution in [0.5, 0.6) is 0 Å². The predicted octanol–water partition coefficient (Wildman–Crippen LogP) is 7.45. The smallest absolute Gasteiger partial charge is 0.0594 e. The largest absolute Gasteiger partial charge is 0.393 e. The number of unbranched alkanes of at least 4 members (excludes halogenated alkanes) is 1. The Kier molecular flexibility index (Phi) is 5.18. The van der Waals surface area contributed by atoms with Gasteiger partial charge >= 0.3 is 0 Å². The number of hydrogen-bond donors (Lipinski definition) is 1. The van der Waals surface area contributed by atoms with E-state index in [1.807, 2.05) is 0 Å². The molecule has 0 aromatic carbocycles. The third-order valence-corrected chi connectivity index (χ3v) is 10.1. The summed E-state index contributed by atoms with van der Waals surface area (Å²) in [6.07, 6.45) is 15.3. The van der Waals surface area contributed by atoms with Gasteiger partial charge in [0.1, 0.15) is 0 Å². The highest BCUT2D eigenvalue weighted by atomic mass is 16.3. The summed E-state index contributed by atoms with van der Waals surface area (Å²) in [4.78, 5) is 0. The van der Waals surface area contributed by atoms with Crippen LogP contribution in [0.2, 0.25) is 0 Å². The Morgan fingerprint density at radius 3 is 2.54 bits per heavy atom. The van der Waals surface area contributed by atoms with Crippen LogP contribution in [-0.4, -0.2) is 11.2 Å². The first-order chi connectivity index (χ1) is 13.2. The van der Waals surface area contributed by atoms with Crippen LogP contribution in [0.25, 0.3) is 0 Å². The van der Waals surface area contributed by atoms with E-state index in [2.05, 4.69) is 47.6 Å². The second-order valence-electron chi connectivity index (χ2n) is 11.8. The van der Waals surface area contributed by atoms with E-state index in [0.29, 0.717) is 16.7 Å². The topological polar surface area (TPSA) is 20.2 Å². The number of allylic oxidation sites excluding steroid dienone is 4. The maximum atomic E-state index is 10.7. The standard InChI is InChI=1S/C27H44O/c1-7-8-9-18(2)20-11-12-21-19-10-13-23-25(3,4)24(28)15-17-27(23,6)22(19)14-16-26(20,21)5/h12,18,20,23-24,28H,7-11,13-17H2,1-6H3/t18-,20-,23+,24+,26-,27-/m1/s1. The summed E-state index contributed by atoms with van der Waals surface area (Å²) in [5.74, 6) is 2.32. The van der Waals surface area contributed by atoms with Crippen LogP contribution in [0.3, 0.4) is 0 Å². The molecule has 0 saturated heterocycles. The lowest BCUT2D eigenvalue weighted by Gasteiger charge is -2.59. The zero-order chi connectivity index (χ0) is 20.3. The molecular weight excluding hydrogens is 340 g/mol. The lowest BCUT2D eigenvalue weighted by molar-refractivity contribution is -0.0905. The molecule has 0 radical (unpaired) electrons. The van der Waals surface area contributed by atoms with Gasteiger partial charge in [-0.2, -0.15) is 0 Å². The fraction of sp³-hybridized carbons (Fsp3) is 0.852. The van der Waals surface area contributed by atoms with Gasteiger partial charge in [0.15, 0.2) is 0 Å². The number of aliphatic hydroxyl groups excluding tert-OH is 1. The number of rotatable bonds is 4.